The summed E-state index contributed by atoms with van der Waals surface area (Å²) in [6, 6.07) is 0.780. The Morgan fingerprint density at radius 1 is 1.62 bits per heavy atom. The number of fused-ring (bicyclic) bond motifs is 1. The van der Waals surface area contributed by atoms with Crippen LogP contribution >= 0.6 is 0 Å². The van der Waals surface area contributed by atoms with Crippen LogP contribution in [0.15, 0.2) is 0 Å². The Balaban J connectivity index is 2.01. The molecule has 0 aromatic rings. The van der Waals surface area contributed by atoms with Crippen LogP contribution in [-0.4, -0.2) is 37.1 Å². The minimum atomic E-state index is 0.573. The second-order valence-electron chi connectivity index (χ2n) is 5.17. The van der Waals surface area contributed by atoms with Crippen molar-refractivity contribution in [2.75, 3.05) is 26.2 Å². The van der Waals surface area contributed by atoms with E-state index in [1.54, 1.807) is 0 Å². The Hall–Kier alpha value is -0.0800. The fourth-order valence-corrected chi connectivity index (χ4v) is 2.80. The van der Waals surface area contributed by atoms with Gasteiger partial charge >= 0.3 is 0 Å². The van der Waals surface area contributed by atoms with Crippen molar-refractivity contribution in [1.29, 1.82) is 0 Å². The molecule has 2 rings (SSSR count). The number of nitrogens with one attached hydrogen (secondary N) is 1. The molecule has 2 heterocycles. The molecule has 2 nitrogen and oxygen atoms in total. The summed E-state index contributed by atoms with van der Waals surface area (Å²) in [7, 11) is 0. The van der Waals surface area contributed by atoms with E-state index in [9.17, 15) is 0 Å². The SMILES string of the molecule is CCC(C)N1CC2CNCC2(C)C1. The Morgan fingerprint density at radius 2 is 2.38 bits per heavy atom. The third-order valence-electron chi connectivity index (χ3n) is 4.14. The van der Waals surface area contributed by atoms with Crippen LogP contribution < -0.4 is 5.32 Å². The van der Waals surface area contributed by atoms with Crippen LogP contribution in [0.5, 0.6) is 0 Å². The molecule has 0 saturated carbocycles. The molecule has 76 valence electrons. The zero-order valence-corrected chi connectivity index (χ0v) is 9.14. The van der Waals surface area contributed by atoms with Crippen LogP contribution in [0.3, 0.4) is 0 Å². The summed E-state index contributed by atoms with van der Waals surface area (Å²) in [5.41, 5.74) is 0.573. The lowest BCUT2D eigenvalue weighted by Crippen LogP contribution is -2.35. The van der Waals surface area contributed by atoms with Crippen molar-refractivity contribution in [3.8, 4) is 0 Å². The second-order valence-corrected chi connectivity index (χ2v) is 5.17. The van der Waals surface area contributed by atoms with Crippen LogP contribution in [0.1, 0.15) is 27.2 Å². The first kappa shape index (κ1) is 9.47. The summed E-state index contributed by atoms with van der Waals surface area (Å²) in [6.07, 6.45) is 1.29. The fraction of sp³-hybridized carbons (Fsp3) is 1.00. The number of likely N-dealkylation sites (tertiary alicyclic amines) is 1. The van der Waals surface area contributed by atoms with Gasteiger partial charge in [0.2, 0.25) is 0 Å². The molecule has 2 heteroatoms. The summed E-state index contributed by atoms with van der Waals surface area (Å²) in [5.74, 6) is 0.904. The highest BCUT2D eigenvalue weighted by Crippen LogP contribution is 2.39. The van der Waals surface area contributed by atoms with Gasteiger partial charge in [-0.2, -0.15) is 0 Å². The summed E-state index contributed by atoms with van der Waals surface area (Å²) in [5, 5.41) is 3.52. The van der Waals surface area contributed by atoms with E-state index in [2.05, 4.69) is 31.0 Å². The molecule has 2 aliphatic heterocycles. The minimum Gasteiger partial charge on any atom is -0.316 e. The van der Waals surface area contributed by atoms with Crippen molar-refractivity contribution in [3.63, 3.8) is 0 Å². The normalized spacial score (nSPS) is 42.2. The van der Waals surface area contributed by atoms with Crippen molar-refractivity contribution in [1.82, 2.24) is 10.2 Å². The molecule has 2 saturated heterocycles. The highest BCUT2D eigenvalue weighted by Gasteiger charge is 2.46. The molecule has 13 heavy (non-hydrogen) atoms. The first-order valence-corrected chi connectivity index (χ1v) is 5.60. The van der Waals surface area contributed by atoms with Crippen molar-refractivity contribution in [2.24, 2.45) is 11.3 Å². The number of hydrogen-bond donors (Lipinski definition) is 1. The highest BCUT2D eigenvalue weighted by atomic mass is 15.2. The van der Waals surface area contributed by atoms with E-state index < -0.39 is 0 Å². The van der Waals surface area contributed by atoms with Gasteiger partial charge in [0.1, 0.15) is 0 Å². The molecule has 3 unspecified atom stereocenters. The molecule has 0 aliphatic carbocycles. The van der Waals surface area contributed by atoms with Gasteiger partial charge in [0, 0.05) is 25.7 Å². The Kier molecular flexibility index (Phi) is 2.37. The van der Waals surface area contributed by atoms with Gasteiger partial charge < -0.3 is 5.32 Å². The molecule has 3 atom stereocenters. The Morgan fingerprint density at radius 3 is 3.00 bits per heavy atom. The average Bonchev–Trinajstić information content (AvgIpc) is 2.57. The zero-order chi connectivity index (χ0) is 9.47. The van der Waals surface area contributed by atoms with E-state index in [0.717, 1.165) is 12.0 Å². The Bertz CT molecular complexity index is 193. The van der Waals surface area contributed by atoms with Gasteiger partial charge in [0.15, 0.2) is 0 Å². The molecule has 0 bridgehead atoms. The van der Waals surface area contributed by atoms with E-state index in [1.165, 1.54) is 32.6 Å². The van der Waals surface area contributed by atoms with Gasteiger partial charge in [-0.05, 0) is 31.2 Å². The molecule has 0 spiro atoms. The van der Waals surface area contributed by atoms with Crippen molar-refractivity contribution in [2.45, 2.75) is 33.2 Å². The van der Waals surface area contributed by atoms with Crippen LogP contribution in [0, 0.1) is 11.3 Å². The third-order valence-corrected chi connectivity index (χ3v) is 4.14. The maximum atomic E-state index is 3.52. The van der Waals surface area contributed by atoms with Gasteiger partial charge in [-0.25, -0.2) is 0 Å². The maximum Gasteiger partial charge on any atom is 0.00646 e. The highest BCUT2D eigenvalue weighted by molar-refractivity contribution is 5.01. The average molecular weight is 182 g/mol. The molecule has 0 amide bonds. The monoisotopic (exact) mass is 182 g/mol. The lowest BCUT2D eigenvalue weighted by Gasteiger charge is -2.26. The lowest BCUT2D eigenvalue weighted by atomic mass is 9.83. The van der Waals surface area contributed by atoms with E-state index in [4.69, 9.17) is 0 Å². The number of nitrogens with zero attached hydrogens (tertiary/aromatic N) is 1. The van der Waals surface area contributed by atoms with E-state index >= 15 is 0 Å². The predicted octanol–water partition coefficient (Wildman–Crippen LogP) is 1.33. The van der Waals surface area contributed by atoms with Gasteiger partial charge in [-0.1, -0.05) is 13.8 Å². The number of rotatable bonds is 2. The molecule has 0 aromatic carbocycles. The zero-order valence-electron chi connectivity index (χ0n) is 9.14. The smallest absolute Gasteiger partial charge is 0.00646 e. The minimum absolute atomic E-state index is 0.573. The predicted molar refractivity (Wildman–Crippen MR) is 55.8 cm³/mol. The van der Waals surface area contributed by atoms with Gasteiger partial charge in [-0.15, -0.1) is 0 Å². The third kappa shape index (κ3) is 1.50. The van der Waals surface area contributed by atoms with Gasteiger partial charge in [-0.3, -0.25) is 4.90 Å². The van der Waals surface area contributed by atoms with Gasteiger partial charge in [0.25, 0.3) is 0 Å². The van der Waals surface area contributed by atoms with E-state index in [-0.39, 0.29) is 0 Å². The molecule has 0 aromatic heterocycles. The fourth-order valence-electron chi connectivity index (χ4n) is 2.80. The molecule has 2 fully saturated rings. The largest absolute Gasteiger partial charge is 0.316 e. The van der Waals surface area contributed by atoms with E-state index in [1.807, 2.05) is 0 Å². The summed E-state index contributed by atoms with van der Waals surface area (Å²) >= 11 is 0. The first-order chi connectivity index (χ1) is 6.15. The number of hydrogen-bond acceptors (Lipinski definition) is 2. The van der Waals surface area contributed by atoms with Crippen LogP contribution in [0.2, 0.25) is 0 Å². The van der Waals surface area contributed by atoms with Crippen molar-refractivity contribution >= 4 is 0 Å². The van der Waals surface area contributed by atoms with Crippen molar-refractivity contribution in [3.05, 3.63) is 0 Å². The quantitative estimate of drug-likeness (QED) is 0.693. The van der Waals surface area contributed by atoms with E-state index in [0.29, 0.717) is 5.41 Å². The van der Waals surface area contributed by atoms with Crippen LogP contribution in [0.25, 0.3) is 0 Å². The maximum absolute atomic E-state index is 3.52. The molecule has 1 N–H and O–H groups in total. The first-order valence-electron chi connectivity index (χ1n) is 5.60. The molecular weight excluding hydrogens is 160 g/mol. The van der Waals surface area contributed by atoms with Crippen molar-refractivity contribution < 1.29 is 0 Å². The summed E-state index contributed by atoms with van der Waals surface area (Å²) in [6.45, 7) is 12.2. The summed E-state index contributed by atoms with van der Waals surface area (Å²) in [4.78, 5) is 2.67. The van der Waals surface area contributed by atoms with Gasteiger partial charge in [0.05, 0.1) is 0 Å². The molecule has 2 aliphatic rings. The summed E-state index contributed by atoms with van der Waals surface area (Å²) < 4.78 is 0. The standard InChI is InChI=1S/C11H22N2/c1-4-9(2)13-6-10-5-12-7-11(10,3)8-13/h9-10,12H,4-8H2,1-3H3. The molecular formula is C11H22N2. The van der Waals surface area contributed by atoms with Crippen LogP contribution in [-0.2, 0) is 0 Å². The second kappa shape index (κ2) is 3.25. The van der Waals surface area contributed by atoms with Crippen LogP contribution in [0.4, 0.5) is 0 Å². The Labute approximate surface area is 81.7 Å². The topological polar surface area (TPSA) is 15.3 Å². The molecule has 0 radical (unpaired) electrons. The lowest BCUT2D eigenvalue weighted by molar-refractivity contribution is 0.218.